The van der Waals surface area contributed by atoms with Crippen LogP contribution in [0.4, 0.5) is 5.69 Å². The number of amides is 1. The number of unbranched alkanes of at least 4 members (excludes halogenated alkanes) is 1. The topological polar surface area (TPSA) is 49.3 Å². The van der Waals surface area contributed by atoms with Gasteiger partial charge in [-0.05, 0) is 48.9 Å². The molecule has 110 valence electrons. The Morgan fingerprint density at radius 2 is 2.00 bits per heavy atom. The summed E-state index contributed by atoms with van der Waals surface area (Å²) in [6.07, 6.45) is 3.26. The van der Waals surface area contributed by atoms with Crippen molar-refractivity contribution in [3.8, 4) is 0 Å². The fourth-order valence-electron chi connectivity index (χ4n) is 3.07. The van der Waals surface area contributed by atoms with Crippen LogP contribution in [-0.4, -0.2) is 11.0 Å². The summed E-state index contributed by atoms with van der Waals surface area (Å²) in [6.45, 7) is 8.22. The van der Waals surface area contributed by atoms with Crippen LogP contribution in [0.1, 0.15) is 73.8 Å². The van der Waals surface area contributed by atoms with Gasteiger partial charge in [0.2, 0.25) is 5.91 Å². The van der Waals surface area contributed by atoms with E-state index in [4.69, 9.17) is 0 Å². The summed E-state index contributed by atoms with van der Waals surface area (Å²) in [5, 5.41) is 13.4. The van der Waals surface area contributed by atoms with Crippen LogP contribution in [0, 0.1) is 13.8 Å². The summed E-state index contributed by atoms with van der Waals surface area (Å²) in [4.78, 5) is 12.0. The minimum Gasteiger partial charge on any atom is -0.388 e. The maximum atomic E-state index is 12.0. The zero-order valence-corrected chi connectivity index (χ0v) is 12.9. The Hall–Kier alpha value is -1.35. The fraction of sp³-hybridized carbons (Fsp3) is 0.588. The molecule has 0 aromatic heterocycles. The molecule has 0 bridgehead atoms. The molecule has 3 nitrogen and oxygen atoms in total. The molecule has 1 aromatic carbocycles. The first-order chi connectivity index (χ1) is 9.51. The summed E-state index contributed by atoms with van der Waals surface area (Å²) in [7, 11) is 0. The van der Waals surface area contributed by atoms with Gasteiger partial charge in [-0.3, -0.25) is 4.79 Å². The van der Waals surface area contributed by atoms with Crippen LogP contribution in [0.25, 0.3) is 0 Å². The van der Waals surface area contributed by atoms with E-state index in [1.54, 1.807) is 0 Å². The van der Waals surface area contributed by atoms with Crippen LogP contribution in [0.15, 0.2) is 6.07 Å². The number of rotatable bonds is 5. The minimum absolute atomic E-state index is 0.0681. The number of benzene rings is 1. The van der Waals surface area contributed by atoms with Crippen LogP contribution >= 0.6 is 0 Å². The number of anilines is 1. The molecule has 20 heavy (non-hydrogen) atoms. The molecule has 1 aliphatic heterocycles. The monoisotopic (exact) mass is 275 g/mol. The molecule has 2 unspecified atom stereocenters. The highest BCUT2D eigenvalue weighted by Crippen LogP contribution is 2.41. The lowest BCUT2D eigenvalue weighted by atomic mass is 9.88. The maximum absolute atomic E-state index is 12.0. The van der Waals surface area contributed by atoms with Crippen molar-refractivity contribution < 1.29 is 9.90 Å². The highest BCUT2D eigenvalue weighted by Gasteiger charge is 2.32. The highest BCUT2D eigenvalue weighted by atomic mass is 16.3. The quantitative estimate of drug-likeness (QED) is 0.854. The molecular formula is C17H25NO2. The molecule has 0 radical (unpaired) electrons. The molecular weight excluding hydrogens is 250 g/mol. The molecule has 0 aliphatic carbocycles. The summed E-state index contributed by atoms with van der Waals surface area (Å²) in [6, 6.07) is 2.05. The van der Waals surface area contributed by atoms with Crippen LogP contribution in [-0.2, 0) is 4.79 Å². The first kappa shape index (κ1) is 15.0. The van der Waals surface area contributed by atoms with Crippen LogP contribution in [0.2, 0.25) is 0 Å². The van der Waals surface area contributed by atoms with Gasteiger partial charge in [0.1, 0.15) is 0 Å². The fourth-order valence-corrected chi connectivity index (χ4v) is 3.07. The normalized spacial score (nSPS) is 18.9. The van der Waals surface area contributed by atoms with Gasteiger partial charge in [0.25, 0.3) is 0 Å². The number of carbonyl (C=O) groups is 1. The Labute approximate surface area is 121 Å². The molecule has 1 heterocycles. The lowest BCUT2D eigenvalue weighted by molar-refractivity contribution is -0.117. The highest BCUT2D eigenvalue weighted by molar-refractivity contribution is 6.04. The number of nitrogens with one attached hydrogen (secondary N) is 1. The molecule has 2 rings (SSSR count). The van der Waals surface area contributed by atoms with Crippen molar-refractivity contribution in [3.05, 3.63) is 28.3 Å². The molecule has 3 heteroatoms. The Kier molecular flexibility index (Phi) is 4.48. The smallest absolute Gasteiger partial charge is 0.232 e. The second-order valence-corrected chi connectivity index (χ2v) is 5.79. The van der Waals surface area contributed by atoms with Crippen molar-refractivity contribution in [3.63, 3.8) is 0 Å². The average Bonchev–Trinajstić information content (AvgIpc) is 2.75. The van der Waals surface area contributed by atoms with Gasteiger partial charge >= 0.3 is 0 Å². The Balaban J connectivity index is 2.44. The molecule has 0 saturated heterocycles. The third-order valence-corrected chi connectivity index (χ3v) is 4.51. The van der Waals surface area contributed by atoms with E-state index in [2.05, 4.69) is 12.2 Å². The van der Waals surface area contributed by atoms with Crippen molar-refractivity contribution in [1.82, 2.24) is 0 Å². The third-order valence-electron chi connectivity index (χ3n) is 4.51. The maximum Gasteiger partial charge on any atom is 0.232 e. The Morgan fingerprint density at radius 1 is 1.30 bits per heavy atom. The Bertz CT molecular complexity index is 522. The minimum atomic E-state index is -0.424. The predicted octanol–water partition coefficient (Wildman–Crippen LogP) is 3.97. The standard InChI is InChI=1S/C17H25NO2/c1-5-7-8-15(19)13-9-14-12(6-2)17(20)18-16(14)11(4)10(13)3/h9,12,15,19H,5-8H2,1-4H3,(H,18,20). The Morgan fingerprint density at radius 3 is 2.60 bits per heavy atom. The van der Waals surface area contributed by atoms with Gasteiger partial charge in [-0.2, -0.15) is 0 Å². The van der Waals surface area contributed by atoms with Gasteiger partial charge in [0.15, 0.2) is 0 Å². The number of hydrogen-bond donors (Lipinski definition) is 2. The molecule has 1 amide bonds. The van der Waals surface area contributed by atoms with E-state index in [-0.39, 0.29) is 11.8 Å². The summed E-state index contributed by atoms with van der Waals surface area (Å²) in [5.74, 6) is 0.0200. The van der Waals surface area contributed by atoms with Crippen molar-refractivity contribution in [2.45, 2.75) is 65.4 Å². The van der Waals surface area contributed by atoms with Crippen LogP contribution in [0.5, 0.6) is 0 Å². The zero-order valence-electron chi connectivity index (χ0n) is 12.9. The molecule has 2 atom stereocenters. The number of fused-ring (bicyclic) bond motifs is 1. The van der Waals surface area contributed by atoms with E-state index in [9.17, 15) is 9.90 Å². The largest absolute Gasteiger partial charge is 0.388 e. The third kappa shape index (κ3) is 2.47. The number of aliphatic hydroxyl groups is 1. The molecule has 0 saturated carbocycles. The van der Waals surface area contributed by atoms with Crippen LogP contribution < -0.4 is 5.32 Å². The van der Waals surface area contributed by atoms with Crippen molar-refractivity contribution in [1.29, 1.82) is 0 Å². The lowest BCUT2D eigenvalue weighted by Gasteiger charge is -2.19. The van der Waals surface area contributed by atoms with E-state index < -0.39 is 6.10 Å². The van der Waals surface area contributed by atoms with Gasteiger partial charge in [-0.1, -0.05) is 32.8 Å². The number of hydrogen-bond acceptors (Lipinski definition) is 2. The second-order valence-electron chi connectivity index (χ2n) is 5.79. The van der Waals surface area contributed by atoms with Gasteiger partial charge < -0.3 is 10.4 Å². The van der Waals surface area contributed by atoms with Crippen molar-refractivity contribution in [2.24, 2.45) is 0 Å². The van der Waals surface area contributed by atoms with Gasteiger partial charge in [-0.25, -0.2) is 0 Å². The number of carbonyl (C=O) groups excluding carboxylic acids is 1. The molecule has 0 spiro atoms. The SMILES string of the molecule is CCCCC(O)c1cc2c(c(C)c1C)NC(=O)C2CC. The molecule has 0 fully saturated rings. The number of aliphatic hydroxyl groups excluding tert-OH is 1. The van der Waals surface area contributed by atoms with Gasteiger partial charge in [0, 0.05) is 5.69 Å². The summed E-state index contributed by atoms with van der Waals surface area (Å²) in [5.41, 5.74) is 5.21. The molecule has 2 N–H and O–H groups in total. The average molecular weight is 275 g/mol. The second kappa shape index (κ2) is 5.96. The summed E-state index contributed by atoms with van der Waals surface area (Å²) >= 11 is 0. The van der Waals surface area contributed by atoms with E-state index >= 15 is 0 Å². The summed E-state index contributed by atoms with van der Waals surface area (Å²) < 4.78 is 0. The van der Waals surface area contributed by atoms with Crippen LogP contribution in [0.3, 0.4) is 0 Å². The van der Waals surface area contributed by atoms with Crippen molar-refractivity contribution >= 4 is 11.6 Å². The predicted molar refractivity (Wildman–Crippen MR) is 82.1 cm³/mol. The zero-order chi connectivity index (χ0) is 14.9. The molecule has 1 aromatic rings. The van der Waals surface area contributed by atoms with E-state index in [0.717, 1.165) is 53.6 Å². The van der Waals surface area contributed by atoms with E-state index in [1.807, 2.05) is 26.8 Å². The van der Waals surface area contributed by atoms with E-state index in [0.29, 0.717) is 0 Å². The molecule has 1 aliphatic rings. The van der Waals surface area contributed by atoms with Crippen molar-refractivity contribution in [2.75, 3.05) is 5.32 Å². The first-order valence-corrected chi connectivity index (χ1v) is 7.64. The lowest BCUT2D eigenvalue weighted by Crippen LogP contribution is -2.10. The van der Waals surface area contributed by atoms with Gasteiger partial charge in [0.05, 0.1) is 12.0 Å². The van der Waals surface area contributed by atoms with Gasteiger partial charge in [-0.15, -0.1) is 0 Å². The first-order valence-electron chi connectivity index (χ1n) is 7.64. The van der Waals surface area contributed by atoms with E-state index in [1.165, 1.54) is 0 Å².